The van der Waals surface area contributed by atoms with E-state index in [-0.39, 0.29) is 11.1 Å². The third-order valence-corrected chi connectivity index (χ3v) is 3.75. The van der Waals surface area contributed by atoms with Gasteiger partial charge < -0.3 is 4.74 Å². The second kappa shape index (κ2) is 6.61. The number of thioether (sulfide) groups is 1. The fraction of sp³-hybridized carbons (Fsp3) is 0.333. The highest BCUT2D eigenvalue weighted by Gasteiger charge is 2.33. The Balaban J connectivity index is 2.11. The van der Waals surface area contributed by atoms with Crippen LogP contribution in [0, 0.1) is 0 Å². The lowest BCUT2D eigenvalue weighted by Crippen LogP contribution is -2.27. The summed E-state index contributed by atoms with van der Waals surface area (Å²) in [6, 6.07) is 7.49. The molecule has 1 aromatic rings. The summed E-state index contributed by atoms with van der Waals surface area (Å²) in [5, 5.41) is -0.202. The van der Waals surface area contributed by atoms with Gasteiger partial charge in [0.2, 0.25) is 0 Å². The first-order valence-corrected chi connectivity index (χ1v) is 7.45. The van der Waals surface area contributed by atoms with Gasteiger partial charge in [-0.05, 0) is 48.9 Å². The molecule has 0 N–H and O–H groups in total. The molecule has 0 spiro atoms. The van der Waals surface area contributed by atoms with Crippen LogP contribution in [0.15, 0.2) is 29.2 Å². The standard InChI is InChI=1S/C15H17NO3S/c1-3-9-19-12-7-5-11(6-8-12)10-13-14(17)16(4-2)15(18)20-13/h5-8,10H,3-4,9H2,1-2H3. The monoisotopic (exact) mass is 291 g/mol. The van der Waals surface area contributed by atoms with Crippen molar-refractivity contribution in [1.82, 2.24) is 4.90 Å². The molecule has 2 amide bonds. The fourth-order valence-electron chi connectivity index (χ4n) is 1.80. The zero-order valence-electron chi connectivity index (χ0n) is 11.6. The maximum absolute atomic E-state index is 12.0. The van der Waals surface area contributed by atoms with Crippen LogP contribution in [0.5, 0.6) is 5.75 Å². The maximum atomic E-state index is 12.0. The summed E-state index contributed by atoms with van der Waals surface area (Å²) < 4.78 is 5.50. The van der Waals surface area contributed by atoms with Crippen LogP contribution in [0.4, 0.5) is 4.79 Å². The summed E-state index contributed by atoms with van der Waals surface area (Å²) in [5.41, 5.74) is 0.885. The molecule has 0 unspecified atom stereocenters. The molecule has 0 saturated carbocycles. The third-order valence-electron chi connectivity index (χ3n) is 2.84. The summed E-state index contributed by atoms with van der Waals surface area (Å²) in [5.74, 6) is 0.597. The zero-order valence-corrected chi connectivity index (χ0v) is 12.4. The molecule has 20 heavy (non-hydrogen) atoms. The van der Waals surface area contributed by atoms with Gasteiger partial charge in [-0.1, -0.05) is 19.1 Å². The van der Waals surface area contributed by atoms with Crippen LogP contribution in [0.25, 0.3) is 6.08 Å². The number of likely N-dealkylation sites (N-methyl/N-ethyl adjacent to an activating group) is 1. The molecule has 1 aromatic carbocycles. The van der Waals surface area contributed by atoms with Crippen molar-refractivity contribution in [1.29, 1.82) is 0 Å². The molecule has 2 rings (SSSR count). The van der Waals surface area contributed by atoms with Crippen LogP contribution in [0.1, 0.15) is 25.8 Å². The Hall–Kier alpha value is -1.75. The van der Waals surface area contributed by atoms with Crippen LogP contribution in [-0.4, -0.2) is 29.2 Å². The van der Waals surface area contributed by atoms with Gasteiger partial charge in [0.1, 0.15) is 5.75 Å². The summed E-state index contributed by atoms with van der Waals surface area (Å²) in [6.07, 6.45) is 2.70. The van der Waals surface area contributed by atoms with E-state index in [2.05, 4.69) is 6.92 Å². The molecule has 0 radical (unpaired) electrons. The largest absolute Gasteiger partial charge is 0.494 e. The lowest BCUT2D eigenvalue weighted by Gasteiger charge is -2.07. The molecule has 1 heterocycles. The molecule has 1 aliphatic rings. The highest BCUT2D eigenvalue weighted by molar-refractivity contribution is 8.18. The van der Waals surface area contributed by atoms with Crippen molar-refractivity contribution in [2.45, 2.75) is 20.3 Å². The quantitative estimate of drug-likeness (QED) is 0.779. The van der Waals surface area contributed by atoms with Gasteiger partial charge in [0.05, 0.1) is 11.5 Å². The van der Waals surface area contributed by atoms with Crippen LogP contribution in [0.3, 0.4) is 0 Å². The van der Waals surface area contributed by atoms with Crippen molar-refractivity contribution in [3.8, 4) is 5.75 Å². The van der Waals surface area contributed by atoms with E-state index >= 15 is 0 Å². The van der Waals surface area contributed by atoms with E-state index in [0.29, 0.717) is 18.1 Å². The number of amides is 2. The lowest BCUT2D eigenvalue weighted by molar-refractivity contribution is -0.122. The van der Waals surface area contributed by atoms with Gasteiger partial charge in [-0.2, -0.15) is 0 Å². The van der Waals surface area contributed by atoms with Crippen LogP contribution < -0.4 is 4.74 Å². The van der Waals surface area contributed by atoms with Gasteiger partial charge in [-0.25, -0.2) is 0 Å². The minimum atomic E-state index is -0.214. The smallest absolute Gasteiger partial charge is 0.293 e. The Kier molecular flexibility index (Phi) is 4.84. The average Bonchev–Trinajstić information content (AvgIpc) is 2.72. The molecule has 1 fully saturated rings. The molecular weight excluding hydrogens is 274 g/mol. The van der Waals surface area contributed by atoms with E-state index in [1.54, 1.807) is 13.0 Å². The van der Waals surface area contributed by atoms with Crippen molar-refractivity contribution in [3.63, 3.8) is 0 Å². The predicted octanol–water partition coefficient (Wildman–Crippen LogP) is 3.53. The van der Waals surface area contributed by atoms with Crippen LogP contribution in [0.2, 0.25) is 0 Å². The third kappa shape index (κ3) is 3.22. The van der Waals surface area contributed by atoms with Crippen molar-refractivity contribution in [2.75, 3.05) is 13.2 Å². The number of imide groups is 1. The van der Waals surface area contributed by atoms with E-state index < -0.39 is 0 Å². The van der Waals surface area contributed by atoms with E-state index in [0.717, 1.165) is 29.5 Å². The van der Waals surface area contributed by atoms with Gasteiger partial charge in [0.15, 0.2) is 0 Å². The molecule has 1 aliphatic heterocycles. The Labute approximate surface area is 122 Å². The van der Waals surface area contributed by atoms with Gasteiger partial charge >= 0.3 is 0 Å². The lowest BCUT2D eigenvalue weighted by atomic mass is 10.2. The van der Waals surface area contributed by atoms with Gasteiger partial charge in [0.25, 0.3) is 11.1 Å². The van der Waals surface area contributed by atoms with Gasteiger partial charge in [-0.3, -0.25) is 14.5 Å². The average molecular weight is 291 g/mol. The van der Waals surface area contributed by atoms with Crippen LogP contribution in [-0.2, 0) is 4.79 Å². The molecule has 0 aliphatic carbocycles. The van der Waals surface area contributed by atoms with Crippen molar-refractivity contribution < 1.29 is 14.3 Å². The molecule has 0 aromatic heterocycles. The predicted molar refractivity (Wildman–Crippen MR) is 80.6 cm³/mol. The number of carbonyl (C=O) groups is 2. The van der Waals surface area contributed by atoms with E-state index in [1.807, 2.05) is 24.3 Å². The molecule has 0 atom stereocenters. The second-order valence-electron chi connectivity index (χ2n) is 4.34. The maximum Gasteiger partial charge on any atom is 0.293 e. The highest BCUT2D eigenvalue weighted by atomic mass is 32.2. The van der Waals surface area contributed by atoms with E-state index in [1.165, 1.54) is 4.90 Å². The Morgan fingerprint density at radius 1 is 1.20 bits per heavy atom. The van der Waals surface area contributed by atoms with Crippen molar-refractivity contribution in [3.05, 3.63) is 34.7 Å². The molecule has 4 nitrogen and oxygen atoms in total. The summed E-state index contributed by atoms with van der Waals surface area (Å²) in [4.78, 5) is 25.3. The zero-order chi connectivity index (χ0) is 14.5. The first kappa shape index (κ1) is 14.7. The van der Waals surface area contributed by atoms with Gasteiger partial charge in [-0.15, -0.1) is 0 Å². The summed E-state index contributed by atoms with van der Waals surface area (Å²) >= 11 is 0.987. The first-order chi connectivity index (χ1) is 9.65. The SMILES string of the molecule is CCCOc1ccc(C=C2SC(=O)N(CC)C2=O)cc1. The van der Waals surface area contributed by atoms with Gasteiger partial charge in [0, 0.05) is 6.54 Å². The molecule has 106 valence electrons. The Morgan fingerprint density at radius 3 is 2.45 bits per heavy atom. The summed E-state index contributed by atoms with van der Waals surface area (Å²) in [7, 11) is 0. The fourth-order valence-corrected chi connectivity index (χ4v) is 2.71. The van der Waals surface area contributed by atoms with Crippen molar-refractivity contribution >= 4 is 29.0 Å². The number of hydrogen-bond acceptors (Lipinski definition) is 4. The van der Waals surface area contributed by atoms with E-state index in [9.17, 15) is 9.59 Å². The molecular formula is C15H17NO3S. The normalized spacial score (nSPS) is 17.1. The number of carbonyl (C=O) groups excluding carboxylic acids is 2. The minimum Gasteiger partial charge on any atom is -0.494 e. The second-order valence-corrected chi connectivity index (χ2v) is 5.34. The first-order valence-electron chi connectivity index (χ1n) is 6.64. The minimum absolute atomic E-state index is 0.202. The Bertz CT molecular complexity index is 537. The number of rotatable bonds is 5. The summed E-state index contributed by atoms with van der Waals surface area (Å²) in [6.45, 7) is 4.94. The Morgan fingerprint density at radius 2 is 1.90 bits per heavy atom. The number of ether oxygens (including phenoxy) is 1. The van der Waals surface area contributed by atoms with Crippen molar-refractivity contribution in [2.24, 2.45) is 0 Å². The number of benzene rings is 1. The van der Waals surface area contributed by atoms with E-state index in [4.69, 9.17) is 4.74 Å². The number of hydrogen-bond donors (Lipinski definition) is 0. The molecule has 1 saturated heterocycles. The highest BCUT2D eigenvalue weighted by Crippen LogP contribution is 2.32. The topological polar surface area (TPSA) is 46.6 Å². The number of nitrogens with zero attached hydrogens (tertiary/aromatic N) is 1. The van der Waals surface area contributed by atoms with Crippen LogP contribution >= 0.6 is 11.8 Å². The molecule has 0 bridgehead atoms. The molecule has 5 heteroatoms.